The topological polar surface area (TPSA) is 32.3 Å². The van der Waals surface area contributed by atoms with Gasteiger partial charge in [0.05, 0.1) is 0 Å². The summed E-state index contributed by atoms with van der Waals surface area (Å²) in [5.41, 5.74) is 0. The lowest BCUT2D eigenvalue weighted by Gasteiger charge is -2.33. The third-order valence-electron chi connectivity index (χ3n) is 3.04. The summed E-state index contributed by atoms with van der Waals surface area (Å²) in [6.07, 6.45) is -3.11. The van der Waals surface area contributed by atoms with Crippen molar-refractivity contribution in [2.45, 2.75) is 38.9 Å². The van der Waals surface area contributed by atoms with E-state index in [1.54, 1.807) is 13.8 Å². The van der Waals surface area contributed by atoms with E-state index in [0.29, 0.717) is 0 Å². The zero-order valence-corrected chi connectivity index (χ0v) is 10.2. The second-order valence-corrected chi connectivity index (χ2v) is 4.74. The van der Waals surface area contributed by atoms with E-state index in [4.69, 9.17) is 0 Å². The Kier molecular flexibility index (Phi) is 4.80. The summed E-state index contributed by atoms with van der Waals surface area (Å²) in [5, 5.41) is 3.15. The van der Waals surface area contributed by atoms with Crippen molar-refractivity contribution in [3.63, 3.8) is 0 Å². The third-order valence-corrected chi connectivity index (χ3v) is 3.04. The van der Waals surface area contributed by atoms with E-state index in [0.717, 1.165) is 30.8 Å². The van der Waals surface area contributed by atoms with Gasteiger partial charge in [0.15, 0.2) is 0 Å². The Morgan fingerprint density at radius 1 is 1.35 bits per heavy atom. The summed E-state index contributed by atoms with van der Waals surface area (Å²) in [5.74, 6) is -1.55. The first kappa shape index (κ1) is 14.3. The molecule has 6 heteroatoms. The zero-order valence-electron chi connectivity index (χ0n) is 10.2. The maximum Gasteiger partial charge on any atom is 0.471 e. The van der Waals surface area contributed by atoms with Gasteiger partial charge in [0, 0.05) is 12.6 Å². The molecule has 0 aromatic heterocycles. The number of rotatable bonds is 3. The molecule has 17 heavy (non-hydrogen) atoms. The molecule has 1 N–H and O–H groups in total. The maximum atomic E-state index is 12.4. The van der Waals surface area contributed by atoms with Gasteiger partial charge in [-0.15, -0.1) is 0 Å². The fourth-order valence-corrected chi connectivity index (χ4v) is 2.03. The number of piperidine rings is 1. The summed E-state index contributed by atoms with van der Waals surface area (Å²) >= 11 is 0. The highest BCUT2D eigenvalue weighted by Gasteiger charge is 2.43. The molecule has 0 aromatic rings. The molecule has 1 fully saturated rings. The fourth-order valence-electron chi connectivity index (χ4n) is 2.03. The lowest BCUT2D eigenvalue weighted by atomic mass is 9.97. The average molecular weight is 252 g/mol. The normalized spacial score (nSPS) is 18.5. The predicted octanol–water partition coefficient (Wildman–Crippen LogP) is 1.79. The standard InChI is InChI=1S/C11H19F3N2O/c1-8(2)16(10(17)11(12,13)14)7-9-3-5-15-6-4-9/h8-9,15H,3-7H2,1-2H3. The maximum absolute atomic E-state index is 12.4. The van der Waals surface area contributed by atoms with E-state index in [-0.39, 0.29) is 12.5 Å². The van der Waals surface area contributed by atoms with Crippen LogP contribution in [0.5, 0.6) is 0 Å². The molecule has 0 bridgehead atoms. The van der Waals surface area contributed by atoms with Crippen LogP contribution < -0.4 is 5.32 Å². The molecule has 1 aliphatic rings. The Bertz CT molecular complexity index is 260. The highest BCUT2D eigenvalue weighted by Crippen LogP contribution is 2.22. The van der Waals surface area contributed by atoms with Crippen LogP contribution in [-0.2, 0) is 4.79 Å². The van der Waals surface area contributed by atoms with Gasteiger partial charge in [0.2, 0.25) is 0 Å². The summed E-state index contributed by atoms with van der Waals surface area (Å²) < 4.78 is 37.2. The smallest absolute Gasteiger partial charge is 0.332 e. The minimum absolute atomic E-state index is 0.171. The SMILES string of the molecule is CC(C)N(CC1CCNCC1)C(=O)C(F)(F)F. The van der Waals surface area contributed by atoms with Gasteiger partial charge in [-0.1, -0.05) is 0 Å². The first-order valence-corrected chi connectivity index (χ1v) is 5.91. The Balaban J connectivity index is 2.62. The van der Waals surface area contributed by atoms with E-state index < -0.39 is 18.1 Å². The number of hydrogen-bond acceptors (Lipinski definition) is 2. The Morgan fingerprint density at radius 2 is 1.88 bits per heavy atom. The largest absolute Gasteiger partial charge is 0.471 e. The predicted molar refractivity (Wildman–Crippen MR) is 58.5 cm³/mol. The average Bonchev–Trinajstić information content (AvgIpc) is 2.24. The van der Waals surface area contributed by atoms with Gasteiger partial charge >= 0.3 is 12.1 Å². The summed E-state index contributed by atoms with van der Waals surface area (Å²) in [4.78, 5) is 12.2. The number of carbonyl (C=O) groups is 1. The molecular formula is C11H19F3N2O. The molecule has 1 rings (SSSR count). The number of nitrogens with zero attached hydrogens (tertiary/aromatic N) is 1. The van der Waals surface area contributed by atoms with Gasteiger partial charge in [0.1, 0.15) is 0 Å². The van der Waals surface area contributed by atoms with Crippen LogP contribution >= 0.6 is 0 Å². The molecule has 0 atom stereocenters. The van der Waals surface area contributed by atoms with E-state index >= 15 is 0 Å². The number of nitrogens with one attached hydrogen (secondary N) is 1. The second-order valence-electron chi connectivity index (χ2n) is 4.74. The minimum atomic E-state index is -4.77. The molecule has 1 aliphatic heterocycles. The second kappa shape index (κ2) is 5.71. The van der Waals surface area contributed by atoms with Gasteiger partial charge in [-0.05, 0) is 45.7 Å². The van der Waals surface area contributed by atoms with Gasteiger partial charge < -0.3 is 10.2 Å². The summed E-state index contributed by atoms with van der Waals surface area (Å²) in [7, 11) is 0. The Labute approximate surface area is 99.4 Å². The van der Waals surface area contributed by atoms with Crippen molar-refractivity contribution in [2.75, 3.05) is 19.6 Å². The van der Waals surface area contributed by atoms with E-state index in [1.807, 2.05) is 0 Å². The number of halogens is 3. The number of amides is 1. The zero-order chi connectivity index (χ0) is 13.1. The van der Waals surface area contributed by atoms with Crippen LogP contribution in [0.1, 0.15) is 26.7 Å². The lowest BCUT2D eigenvalue weighted by Crippen LogP contribution is -2.48. The molecule has 100 valence electrons. The summed E-state index contributed by atoms with van der Waals surface area (Å²) in [6.45, 7) is 5.07. The molecule has 0 unspecified atom stereocenters. The highest BCUT2D eigenvalue weighted by molar-refractivity contribution is 5.82. The van der Waals surface area contributed by atoms with E-state index in [1.165, 1.54) is 0 Å². The fraction of sp³-hybridized carbons (Fsp3) is 0.909. The lowest BCUT2D eigenvalue weighted by molar-refractivity contribution is -0.188. The van der Waals surface area contributed by atoms with Crippen molar-refractivity contribution in [2.24, 2.45) is 5.92 Å². The molecule has 0 saturated carbocycles. The van der Waals surface area contributed by atoms with Crippen LogP contribution in [0.3, 0.4) is 0 Å². The van der Waals surface area contributed by atoms with Crippen LogP contribution in [0.4, 0.5) is 13.2 Å². The Morgan fingerprint density at radius 3 is 2.29 bits per heavy atom. The molecule has 0 radical (unpaired) electrons. The van der Waals surface area contributed by atoms with Gasteiger partial charge in [-0.2, -0.15) is 13.2 Å². The number of alkyl halides is 3. The van der Waals surface area contributed by atoms with Crippen molar-refractivity contribution in [3.8, 4) is 0 Å². The van der Waals surface area contributed by atoms with Crippen LogP contribution in [0.2, 0.25) is 0 Å². The van der Waals surface area contributed by atoms with Crippen molar-refractivity contribution in [1.82, 2.24) is 10.2 Å². The molecule has 0 spiro atoms. The number of hydrogen-bond donors (Lipinski definition) is 1. The highest BCUT2D eigenvalue weighted by atomic mass is 19.4. The van der Waals surface area contributed by atoms with Crippen molar-refractivity contribution >= 4 is 5.91 Å². The van der Waals surface area contributed by atoms with Gasteiger partial charge in [-0.25, -0.2) is 0 Å². The first-order chi connectivity index (χ1) is 7.82. The Hall–Kier alpha value is -0.780. The van der Waals surface area contributed by atoms with Crippen LogP contribution in [0.15, 0.2) is 0 Å². The molecule has 1 heterocycles. The van der Waals surface area contributed by atoms with Crippen molar-refractivity contribution in [3.05, 3.63) is 0 Å². The summed E-state index contributed by atoms with van der Waals surface area (Å²) in [6, 6.07) is -0.418. The molecule has 3 nitrogen and oxygen atoms in total. The monoisotopic (exact) mass is 252 g/mol. The molecule has 1 saturated heterocycles. The van der Waals surface area contributed by atoms with Crippen LogP contribution in [0.25, 0.3) is 0 Å². The molecule has 0 aliphatic carbocycles. The van der Waals surface area contributed by atoms with Crippen molar-refractivity contribution < 1.29 is 18.0 Å². The van der Waals surface area contributed by atoms with Crippen LogP contribution in [0, 0.1) is 5.92 Å². The number of carbonyl (C=O) groups excluding carboxylic acids is 1. The van der Waals surface area contributed by atoms with Crippen LogP contribution in [-0.4, -0.2) is 42.7 Å². The molecular weight excluding hydrogens is 233 g/mol. The molecule has 1 amide bonds. The quantitative estimate of drug-likeness (QED) is 0.830. The van der Waals surface area contributed by atoms with E-state index in [2.05, 4.69) is 5.32 Å². The molecule has 0 aromatic carbocycles. The van der Waals surface area contributed by atoms with Crippen molar-refractivity contribution in [1.29, 1.82) is 0 Å². The first-order valence-electron chi connectivity index (χ1n) is 5.91. The minimum Gasteiger partial charge on any atom is -0.332 e. The van der Waals surface area contributed by atoms with Gasteiger partial charge in [-0.3, -0.25) is 4.79 Å². The third kappa shape index (κ3) is 4.18. The van der Waals surface area contributed by atoms with E-state index in [9.17, 15) is 18.0 Å². The van der Waals surface area contributed by atoms with Gasteiger partial charge in [0.25, 0.3) is 0 Å².